The quantitative estimate of drug-likeness (QED) is 0.637. The minimum Gasteiger partial charge on any atom is -0.459 e. The summed E-state index contributed by atoms with van der Waals surface area (Å²) >= 11 is 0. The number of esters is 1. The summed E-state index contributed by atoms with van der Waals surface area (Å²) in [4.78, 5) is 24.5. The molecule has 112 valence electrons. The van der Waals surface area contributed by atoms with Crippen molar-refractivity contribution in [2.75, 3.05) is 0 Å². The van der Waals surface area contributed by atoms with Crippen molar-refractivity contribution in [2.45, 2.75) is 71.8 Å². The Morgan fingerprint density at radius 3 is 2.35 bits per heavy atom. The fourth-order valence-electron chi connectivity index (χ4n) is 5.55. The van der Waals surface area contributed by atoms with Gasteiger partial charge in [0.1, 0.15) is 11.4 Å². The van der Waals surface area contributed by atoms with E-state index in [2.05, 4.69) is 20.8 Å². The number of carbonyl (C=O) groups is 2. The molecule has 1 saturated heterocycles. The predicted octanol–water partition coefficient (Wildman–Crippen LogP) is 3.50. The molecule has 20 heavy (non-hydrogen) atoms. The van der Waals surface area contributed by atoms with Gasteiger partial charge in [0.05, 0.1) is 0 Å². The lowest BCUT2D eigenvalue weighted by Crippen LogP contribution is -2.63. The summed E-state index contributed by atoms with van der Waals surface area (Å²) in [5, 5.41) is 0. The number of ketones is 1. The van der Waals surface area contributed by atoms with Gasteiger partial charge in [-0.05, 0) is 43.9 Å². The fourth-order valence-corrected chi connectivity index (χ4v) is 5.55. The monoisotopic (exact) mass is 278 g/mol. The van der Waals surface area contributed by atoms with Crippen LogP contribution in [0.25, 0.3) is 0 Å². The Balaban J connectivity index is 2.04. The van der Waals surface area contributed by atoms with Crippen molar-refractivity contribution in [1.29, 1.82) is 0 Å². The zero-order valence-electron chi connectivity index (χ0n) is 13.1. The number of fused-ring (bicyclic) bond motifs is 3. The standard InChI is InChI=1S/C17H26O3/c1-15(2)9-8-13(18)17(4)11(15)7-10-16(3)12(17)5-6-14(19)20-16/h11-12H,5-10H2,1-4H3/t11-,12-,16+,17-/m0/s1. The van der Waals surface area contributed by atoms with Crippen LogP contribution in [0.3, 0.4) is 0 Å². The van der Waals surface area contributed by atoms with Gasteiger partial charge < -0.3 is 4.74 Å². The van der Waals surface area contributed by atoms with Crippen LogP contribution in [0.2, 0.25) is 0 Å². The molecule has 0 aromatic heterocycles. The van der Waals surface area contributed by atoms with E-state index < -0.39 is 5.60 Å². The Hall–Kier alpha value is -0.860. The van der Waals surface area contributed by atoms with E-state index in [0.29, 0.717) is 24.5 Å². The van der Waals surface area contributed by atoms with Crippen LogP contribution >= 0.6 is 0 Å². The van der Waals surface area contributed by atoms with Crippen molar-refractivity contribution in [3.05, 3.63) is 0 Å². The van der Waals surface area contributed by atoms with E-state index in [-0.39, 0.29) is 22.7 Å². The fraction of sp³-hybridized carbons (Fsp3) is 0.882. The first-order valence-corrected chi connectivity index (χ1v) is 7.95. The molecule has 2 aliphatic carbocycles. The minimum atomic E-state index is -0.427. The number of carbonyl (C=O) groups excluding carboxylic acids is 2. The van der Waals surface area contributed by atoms with Gasteiger partial charge in [-0.15, -0.1) is 0 Å². The summed E-state index contributed by atoms with van der Waals surface area (Å²) in [6, 6.07) is 0. The second-order valence-electron chi connectivity index (χ2n) is 8.16. The third-order valence-corrected chi connectivity index (χ3v) is 6.64. The van der Waals surface area contributed by atoms with Crippen LogP contribution in [-0.2, 0) is 14.3 Å². The maximum Gasteiger partial charge on any atom is 0.306 e. The van der Waals surface area contributed by atoms with Crippen molar-refractivity contribution in [3.63, 3.8) is 0 Å². The normalized spacial score (nSPS) is 47.2. The smallest absolute Gasteiger partial charge is 0.306 e. The minimum absolute atomic E-state index is 0.0895. The number of Topliss-reactive ketones (excluding diaryl/α,β-unsaturated/α-hetero) is 1. The van der Waals surface area contributed by atoms with Crippen molar-refractivity contribution in [3.8, 4) is 0 Å². The lowest BCUT2D eigenvalue weighted by molar-refractivity contribution is -0.213. The van der Waals surface area contributed by atoms with Crippen LogP contribution in [0.5, 0.6) is 0 Å². The SMILES string of the molecule is CC1(C)CCC(=O)[C@]2(C)[C@H]3CCC(=O)O[C@]3(C)CC[C@@H]12. The molecule has 0 amide bonds. The summed E-state index contributed by atoms with van der Waals surface area (Å²) in [6.07, 6.45) is 4.85. The molecule has 3 heteroatoms. The molecular weight excluding hydrogens is 252 g/mol. The molecule has 0 aromatic carbocycles. The topological polar surface area (TPSA) is 43.4 Å². The molecule has 0 spiro atoms. The average Bonchev–Trinajstić information content (AvgIpc) is 2.33. The average molecular weight is 278 g/mol. The van der Waals surface area contributed by atoms with Crippen LogP contribution in [0.1, 0.15) is 66.2 Å². The molecule has 1 heterocycles. The third kappa shape index (κ3) is 1.71. The Kier molecular flexibility index (Phi) is 2.88. The number of hydrogen-bond donors (Lipinski definition) is 0. The van der Waals surface area contributed by atoms with Gasteiger partial charge in [0.25, 0.3) is 0 Å². The van der Waals surface area contributed by atoms with Crippen molar-refractivity contribution >= 4 is 11.8 Å². The first kappa shape index (κ1) is 14.1. The summed E-state index contributed by atoms with van der Waals surface area (Å²) in [5.74, 6) is 0.925. The lowest BCUT2D eigenvalue weighted by Gasteiger charge is -2.61. The lowest BCUT2D eigenvalue weighted by atomic mass is 9.44. The maximum absolute atomic E-state index is 12.8. The third-order valence-electron chi connectivity index (χ3n) is 6.64. The molecule has 3 fully saturated rings. The molecule has 4 atom stereocenters. The molecule has 3 aliphatic rings. The van der Waals surface area contributed by atoms with E-state index >= 15 is 0 Å². The first-order valence-electron chi connectivity index (χ1n) is 7.95. The highest BCUT2D eigenvalue weighted by atomic mass is 16.6. The zero-order valence-corrected chi connectivity index (χ0v) is 13.1. The molecule has 0 radical (unpaired) electrons. The molecular formula is C17H26O3. The molecule has 0 aromatic rings. The van der Waals surface area contributed by atoms with Crippen LogP contribution in [0.15, 0.2) is 0 Å². The Morgan fingerprint density at radius 2 is 1.65 bits per heavy atom. The van der Waals surface area contributed by atoms with E-state index in [9.17, 15) is 9.59 Å². The van der Waals surface area contributed by atoms with Gasteiger partial charge in [-0.2, -0.15) is 0 Å². The Labute approximate surface area is 121 Å². The largest absolute Gasteiger partial charge is 0.459 e. The number of rotatable bonds is 0. The van der Waals surface area contributed by atoms with Crippen molar-refractivity contribution in [2.24, 2.45) is 22.7 Å². The van der Waals surface area contributed by atoms with Crippen LogP contribution in [0.4, 0.5) is 0 Å². The van der Waals surface area contributed by atoms with E-state index in [1.54, 1.807) is 0 Å². The number of ether oxygens (including phenoxy) is 1. The molecule has 0 N–H and O–H groups in total. The van der Waals surface area contributed by atoms with Crippen molar-refractivity contribution in [1.82, 2.24) is 0 Å². The summed E-state index contributed by atoms with van der Waals surface area (Å²) < 4.78 is 5.72. The van der Waals surface area contributed by atoms with Gasteiger partial charge >= 0.3 is 5.97 Å². The Bertz CT molecular complexity index is 467. The number of hydrogen-bond acceptors (Lipinski definition) is 3. The highest BCUT2D eigenvalue weighted by molar-refractivity contribution is 5.87. The second-order valence-corrected chi connectivity index (χ2v) is 8.16. The highest BCUT2D eigenvalue weighted by Crippen LogP contribution is 2.63. The maximum atomic E-state index is 12.8. The van der Waals surface area contributed by atoms with Gasteiger partial charge in [-0.25, -0.2) is 0 Å². The van der Waals surface area contributed by atoms with E-state index in [0.717, 1.165) is 25.7 Å². The van der Waals surface area contributed by atoms with E-state index in [4.69, 9.17) is 4.74 Å². The summed E-state index contributed by atoms with van der Waals surface area (Å²) in [6.45, 7) is 8.81. The van der Waals surface area contributed by atoms with Crippen LogP contribution in [-0.4, -0.2) is 17.4 Å². The van der Waals surface area contributed by atoms with Gasteiger partial charge in [-0.3, -0.25) is 9.59 Å². The van der Waals surface area contributed by atoms with Crippen molar-refractivity contribution < 1.29 is 14.3 Å². The van der Waals surface area contributed by atoms with E-state index in [1.165, 1.54) is 0 Å². The second kappa shape index (κ2) is 4.08. The highest BCUT2D eigenvalue weighted by Gasteiger charge is 2.64. The zero-order chi connectivity index (χ0) is 14.8. The first-order chi connectivity index (χ1) is 9.20. The molecule has 2 saturated carbocycles. The predicted molar refractivity (Wildman–Crippen MR) is 76.1 cm³/mol. The van der Waals surface area contributed by atoms with Gasteiger partial charge in [-0.1, -0.05) is 20.8 Å². The van der Waals surface area contributed by atoms with Crippen LogP contribution in [0, 0.1) is 22.7 Å². The van der Waals surface area contributed by atoms with Gasteiger partial charge in [0.2, 0.25) is 0 Å². The van der Waals surface area contributed by atoms with Gasteiger partial charge in [0.15, 0.2) is 0 Å². The van der Waals surface area contributed by atoms with E-state index in [1.807, 2.05) is 6.92 Å². The van der Waals surface area contributed by atoms with Crippen LogP contribution < -0.4 is 0 Å². The molecule has 3 nitrogen and oxygen atoms in total. The summed E-state index contributed by atoms with van der Waals surface area (Å²) in [5.41, 5.74) is -0.523. The van der Waals surface area contributed by atoms with Gasteiger partial charge in [0, 0.05) is 24.2 Å². The molecule has 3 rings (SSSR count). The summed E-state index contributed by atoms with van der Waals surface area (Å²) in [7, 11) is 0. The molecule has 0 bridgehead atoms. The Morgan fingerprint density at radius 1 is 0.950 bits per heavy atom. The molecule has 1 aliphatic heterocycles. The molecule has 0 unspecified atom stereocenters.